The first-order valence-corrected chi connectivity index (χ1v) is 8.82. The van der Waals surface area contributed by atoms with E-state index >= 15 is 0 Å². The third-order valence-electron chi connectivity index (χ3n) is 3.80. The topological polar surface area (TPSA) is 56.8 Å². The fourth-order valence-corrected chi connectivity index (χ4v) is 2.34. The van der Waals surface area contributed by atoms with Crippen LogP contribution in [-0.2, 0) is 4.79 Å². The number of carbonyl (C=O) groups is 1. The molecule has 1 N–H and O–H groups in total. The second-order valence-electron chi connectivity index (χ2n) is 6.22. The first-order valence-electron chi connectivity index (χ1n) is 8.82. The zero-order valence-electron chi connectivity index (χ0n) is 15.7. The number of aryl methyl sites for hydroxylation is 1. The third-order valence-corrected chi connectivity index (χ3v) is 3.80. The Hall–Kier alpha value is -2.69. The van der Waals surface area contributed by atoms with E-state index < -0.39 is 0 Å². The first-order chi connectivity index (χ1) is 12.6. The molecular formula is C21H27NO4. The zero-order chi connectivity index (χ0) is 18.8. The van der Waals surface area contributed by atoms with Gasteiger partial charge in [-0.25, -0.2) is 0 Å². The maximum Gasteiger partial charge on any atom is 0.220 e. The average Bonchev–Trinajstić information content (AvgIpc) is 2.65. The number of rotatable bonds is 10. The molecule has 1 atom stereocenters. The lowest BCUT2D eigenvalue weighted by Gasteiger charge is -2.15. The molecule has 2 aromatic rings. The van der Waals surface area contributed by atoms with Crippen molar-refractivity contribution in [3.8, 4) is 17.2 Å². The van der Waals surface area contributed by atoms with Gasteiger partial charge in [0, 0.05) is 6.42 Å². The SMILES string of the molecule is COc1ccc(OC[C@@H](C)NC(=O)CCCOc2ccc(C)cc2)cc1. The van der Waals surface area contributed by atoms with Crippen LogP contribution in [0.15, 0.2) is 48.5 Å². The van der Waals surface area contributed by atoms with Crippen LogP contribution in [0.4, 0.5) is 0 Å². The molecular weight excluding hydrogens is 330 g/mol. The summed E-state index contributed by atoms with van der Waals surface area (Å²) in [7, 11) is 1.62. The van der Waals surface area contributed by atoms with E-state index in [1.807, 2.05) is 62.4 Å². The predicted molar refractivity (Wildman–Crippen MR) is 102 cm³/mol. The Balaban J connectivity index is 1.59. The van der Waals surface area contributed by atoms with Gasteiger partial charge in [0.15, 0.2) is 0 Å². The average molecular weight is 357 g/mol. The highest BCUT2D eigenvalue weighted by molar-refractivity contribution is 5.76. The number of amides is 1. The van der Waals surface area contributed by atoms with Crippen LogP contribution in [0.5, 0.6) is 17.2 Å². The van der Waals surface area contributed by atoms with E-state index in [4.69, 9.17) is 14.2 Å². The Bertz CT molecular complexity index is 667. The molecule has 0 aliphatic carbocycles. The minimum Gasteiger partial charge on any atom is -0.497 e. The van der Waals surface area contributed by atoms with Crippen LogP contribution >= 0.6 is 0 Å². The van der Waals surface area contributed by atoms with Crippen LogP contribution in [0, 0.1) is 6.92 Å². The summed E-state index contributed by atoms with van der Waals surface area (Å²) in [5.74, 6) is 2.37. The molecule has 5 heteroatoms. The number of hydrogen-bond acceptors (Lipinski definition) is 4. The van der Waals surface area contributed by atoms with E-state index in [0.29, 0.717) is 26.1 Å². The van der Waals surface area contributed by atoms with E-state index in [9.17, 15) is 4.79 Å². The summed E-state index contributed by atoms with van der Waals surface area (Å²) in [5, 5.41) is 2.93. The van der Waals surface area contributed by atoms with Crippen LogP contribution in [0.2, 0.25) is 0 Å². The molecule has 26 heavy (non-hydrogen) atoms. The van der Waals surface area contributed by atoms with E-state index in [1.54, 1.807) is 7.11 Å². The number of hydrogen-bond donors (Lipinski definition) is 1. The van der Waals surface area contributed by atoms with Gasteiger partial charge in [0.05, 0.1) is 19.8 Å². The minimum absolute atomic E-state index is 0.00309. The Morgan fingerprint density at radius 1 is 0.962 bits per heavy atom. The van der Waals surface area contributed by atoms with Gasteiger partial charge < -0.3 is 19.5 Å². The summed E-state index contributed by atoms with van der Waals surface area (Å²) in [6.07, 6.45) is 1.10. The molecule has 0 radical (unpaired) electrons. The summed E-state index contributed by atoms with van der Waals surface area (Å²) in [4.78, 5) is 12.0. The summed E-state index contributed by atoms with van der Waals surface area (Å²) >= 11 is 0. The van der Waals surface area contributed by atoms with Crippen LogP contribution in [0.1, 0.15) is 25.3 Å². The van der Waals surface area contributed by atoms with Gasteiger partial charge >= 0.3 is 0 Å². The van der Waals surface area contributed by atoms with Crippen LogP contribution in [-0.4, -0.2) is 32.3 Å². The maximum absolute atomic E-state index is 12.0. The van der Waals surface area contributed by atoms with Crippen molar-refractivity contribution >= 4 is 5.91 Å². The summed E-state index contributed by atoms with van der Waals surface area (Å²) in [5.41, 5.74) is 1.20. The van der Waals surface area contributed by atoms with Crippen molar-refractivity contribution in [1.82, 2.24) is 5.32 Å². The van der Waals surface area contributed by atoms with Crippen molar-refractivity contribution in [1.29, 1.82) is 0 Å². The van der Waals surface area contributed by atoms with Crippen LogP contribution in [0.3, 0.4) is 0 Å². The molecule has 0 heterocycles. The molecule has 0 bridgehead atoms. The van der Waals surface area contributed by atoms with E-state index in [2.05, 4.69) is 5.32 Å². The molecule has 0 fully saturated rings. The Labute approximate surface area is 155 Å². The molecule has 0 aromatic heterocycles. The van der Waals surface area contributed by atoms with Crippen LogP contribution in [0.25, 0.3) is 0 Å². The van der Waals surface area contributed by atoms with Crippen molar-refractivity contribution in [3.63, 3.8) is 0 Å². The lowest BCUT2D eigenvalue weighted by molar-refractivity contribution is -0.122. The highest BCUT2D eigenvalue weighted by Gasteiger charge is 2.08. The second-order valence-corrected chi connectivity index (χ2v) is 6.22. The lowest BCUT2D eigenvalue weighted by Crippen LogP contribution is -2.36. The first kappa shape index (κ1) is 19.6. The van der Waals surface area contributed by atoms with Gasteiger partial charge in [0.2, 0.25) is 5.91 Å². The molecule has 140 valence electrons. The monoisotopic (exact) mass is 357 g/mol. The van der Waals surface area contributed by atoms with Gasteiger partial charge in [-0.15, -0.1) is 0 Å². The van der Waals surface area contributed by atoms with Gasteiger partial charge in [-0.3, -0.25) is 4.79 Å². The fourth-order valence-electron chi connectivity index (χ4n) is 2.34. The van der Waals surface area contributed by atoms with Gasteiger partial charge in [-0.2, -0.15) is 0 Å². The Morgan fingerprint density at radius 3 is 2.19 bits per heavy atom. The molecule has 1 amide bonds. The highest BCUT2D eigenvalue weighted by Crippen LogP contribution is 2.17. The van der Waals surface area contributed by atoms with Crippen LogP contribution < -0.4 is 19.5 Å². The summed E-state index contributed by atoms with van der Waals surface area (Å²) in [6, 6.07) is 15.2. The molecule has 0 unspecified atom stereocenters. The lowest BCUT2D eigenvalue weighted by atomic mass is 10.2. The van der Waals surface area contributed by atoms with E-state index in [0.717, 1.165) is 17.2 Å². The number of benzene rings is 2. The zero-order valence-corrected chi connectivity index (χ0v) is 15.7. The standard InChI is InChI=1S/C21H27NO4/c1-16-6-8-19(9-7-16)25-14-4-5-21(23)22-17(2)15-26-20-12-10-18(24-3)11-13-20/h6-13,17H,4-5,14-15H2,1-3H3,(H,22,23)/t17-/m1/s1. The van der Waals surface area contributed by atoms with Gasteiger partial charge in [-0.05, 0) is 56.7 Å². The number of carbonyl (C=O) groups excluding carboxylic acids is 1. The molecule has 0 aliphatic heterocycles. The quantitative estimate of drug-likeness (QED) is 0.658. The van der Waals surface area contributed by atoms with E-state index in [-0.39, 0.29) is 11.9 Å². The van der Waals surface area contributed by atoms with Crippen molar-refractivity contribution in [2.45, 2.75) is 32.7 Å². The number of ether oxygens (including phenoxy) is 3. The fraction of sp³-hybridized carbons (Fsp3) is 0.381. The maximum atomic E-state index is 12.0. The molecule has 0 saturated heterocycles. The van der Waals surface area contributed by atoms with Crippen molar-refractivity contribution in [2.75, 3.05) is 20.3 Å². The molecule has 5 nitrogen and oxygen atoms in total. The van der Waals surface area contributed by atoms with Crippen molar-refractivity contribution in [2.24, 2.45) is 0 Å². The molecule has 2 rings (SSSR count). The smallest absolute Gasteiger partial charge is 0.220 e. The third kappa shape index (κ3) is 7.05. The Morgan fingerprint density at radius 2 is 1.54 bits per heavy atom. The van der Waals surface area contributed by atoms with Crippen molar-refractivity contribution < 1.29 is 19.0 Å². The van der Waals surface area contributed by atoms with E-state index in [1.165, 1.54) is 5.56 Å². The summed E-state index contributed by atoms with van der Waals surface area (Å²) in [6.45, 7) is 4.89. The number of methoxy groups -OCH3 is 1. The predicted octanol–water partition coefficient (Wildman–Crippen LogP) is 3.75. The van der Waals surface area contributed by atoms with Gasteiger partial charge in [-0.1, -0.05) is 17.7 Å². The van der Waals surface area contributed by atoms with Gasteiger partial charge in [0.25, 0.3) is 0 Å². The number of nitrogens with one attached hydrogen (secondary N) is 1. The minimum atomic E-state index is -0.0670. The normalized spacial score (nSPS) is 11.5. The molecule has 0 spiro atoms. The van der Waals surface area contributed by atoms with Crippen molar-refractivity contribution in [3.05, 3.63) is 54.1 Å². The molecule has 0 saturated carbocycles. The van der Waals surface area contributed by atoms with Gasteiger partial charge in [0.1, 0.15) is 23.9 Å². The highest BCUT2D eigenvalue weighted by atomic mass is 16.5. The molecule has 0 aliphatic rings. The Kier molecular flexibility index (Phi) is 7.80. The molecule has 2 aromatic carbocycles. The largest absolute Gasteiger partial charge is 0.497 e. The second kappa shape index (κ2) is 10.3. The summed E-state index contributed by atoms with van der Waals surface area (Å²) < 4.78 is 16.4.